The summed E-state index contributed by atoms with van der Waals surface area (Å²) in [5.41, 5.74) is 1.32. The van der Waals surface area contributed by atoms with Crippen LogP contribution in [0.25, 0.3) is 6.08 Å². The Kier molecular flexibility index (Phi) is 6.19. The normalized spacial score (nSPS) is 17.2. The number of thioether (sulfide) groups is 1. The maximum Gasteiger partial charge on any atom is 0.266 e. The highest BCUT2D eigenvalue weighted by molar-refractivity contribution is 8.18. The summed E-state index contributed by atoms with van der Waals surface area (Å²) in [4.78, 5) is 19.4. The zero-order valence-corrected chi connectivity index (χ0v) is 16.5. The molecule has 1 aliphatic heterocycles. The molecule has 1 heterocycles. The summed E-state index contributed by atoms with van der Waals surface area (Å²) in [6, 6.07) is 11.1. The largest absolute Gasteiger partial charge is 0.493 e. The molecular formula is C20H18ClFN2O2S. The van der Waals surface area contributed by atoms with Gasteiger partial charge in [-0.2, -0.15) is 0 Å². The average Bonchev–Trinajstić information content (AvgIpc) is 2.94. The van der Waals surface area contributed by atoms with E-state index in [1.165, 1.54) is 23.9 Å². The minimum atomic E-state index is -0.327. The third kappa shape index (κ3) is 4.51. The smallest absolute Gasteiger partial charge is 0.266 e. The van der Waals surface area contributed by atoms with E-state index >= 15 is 0 Å². The first kappa shape index (κ1) is 19.5. The monoisotopic (exact) mass is 404 g/mol. The lowest BCUT2D eigenvalue weighted by molar-refractivity contribution is -0.122. The first-order valence-electron chi connectivity index (χ1n) is 8.49. The average molecular weight is 405 g/mol. The third-order valence-electron chi connectivity index (χ3n) is 3.81. The van der Waals surface area contributed by atoms with Gasteiger partial charge in [-0.05, 0) is 74.1 Å². The van der Waals surface area contributed by atoms with E-state index in [0.29, 0.717) is 39.7 Å². The van der Waals surface area contributed by atoms with Gasteiger partial charge < -0.3 is 4.74 Å². The van der Waals surface area contributed by atoms with Crippen LogP contribution in [0.15, 0.2) is 52.4 Å². The predicted octanol–water partition coefficient (Wildman–Crippen LogP) is 5.50. The van der Waals surface area contributed by atoms with Gasteiger partial charge in [-0.1, -0.05) is 11.6 Å². The first-order valence-corrected chi connectivity index (χ1v) is 9.69. The molecule has 1 fully saturated rings. The molecule has 0 bridgehead atoms. The number of likely N-dealkylation sites (N-methyl/N-ethyl adjacent to an activating group) is 1. The Morgan fingerprint density at radius 1 is 1.22 bits per heavy atom. The van der Waals surface area contributed by atoms with Gasteiger partial charge in [0.25, 0.3) is 5.91 Å². The number of hydrogen-bond acceptors (Lipinski definition) is 4. The number of amides is 1. The third-order valence-corrected chi connectivity index (χ3v) is 5.06. The van der Waals surface area contributed by atoms with E-state index in [1.54, 1.807) is 41.3 Å². The van der Waals surface area contributed by atoms with Crippen molar-refractivity contribution < 1.29 is 13.9 Å². The molecule has 0 radical (unpaired) electrons. The topological polar surface area (TPSA) is 41.9 Å². The number of nitrogens with zero attached hydrogens (tertiary/aromatic N) is 2. The number of carbonyl (C=O) groups excluding carboxylic acids is 1. The van der Waals surface area contributed by atoms with E-state index in [1.807, 2.05) is 13.8 Å². The van der Waals surface area contributed by atoms with Crippen LogP contribution in [0.2, 0.25) is 5.02 Å². The van der Waals surface area contributed by atoms with E-state index in [2.05, 4.69) is 4.99 Å². The Morgan fingerprint density at radius 3 is 2.63 bits per heavy atom. The van der Waals surface area contributed by atoms with Crippen molar-refractivity contribution >= 4 is 46.2 Å². The molecule has 27 heavy (non-hydrogen) atoms. The number of amidine groups is 1. The second-order valence-electron chi connectivity index (χ2n) is 5.65. The van der Waals surface area contributed by atoms with Gasteiger partial charge in [0.05, 0.1) is 17.2 Å². The van der Waals surface area contributed by atoms with Gasteiger partial charge in [-0.3, -0.25) is 9.69 Å². The summed E-state index contributed by atoms with van der Waals surface area (Å²) in [5, 5.41) is 1.12. The summed E-state index contributed by atoms with van der Waals surface area (Å²) in [6.07, 6.45) is 1.76. The molecule has 0 atom stereocenters. The highest BCUT2D eigenvalue weighted by atomic mass is 35.5. The molecule has 3 rings (SSSR count). The predicted molar refractivity (Wildman–Crippen MR) is 109 cm³/mol. The lowest BCUT2D eigenvalue weighted by atomic mass is 10.2. The number of rotatable bonds is 5. The molecule has 4 nitrogen and oxygen atoms in total. The fourth-order valence-electron chi connectivity index (χ4n) is 2.56. The quantitative estimate of drug-likeness (QED) is 0.618. The van der Waals surface area contributed by atoms with Gasteiger partial charge in [0.15, 0.2) is 5.17 Å². The molecule has 0 saturated carbocycles. The van der Waals surface area contributed by atoms with Crippen LogP contribution in [0.1, 0.15) is 19.4 Å². The first-order chi connectivity index (χ1) is 13.0. The van der Waals surface area contributed by atoms with Crippen molar-refractivity contribution in [2.24, 2.45) is 4.99 Å². The van der Waals surface area contributed by atoms with Crippen molar-refractivity contribution in [3.8, 4) is 5.75 Å². The lowest BCUT2D eigenvalue weighted by Crippen LogP contribution is -2.28. The summed E-state index contributed by atoms with van der Waals surface area (Å²) < 4.78 is 18.7. The van der Waals surface area contributed by atoms with Gasteiger partial charge in [-0.25, -0.2) is 9.38 Å². The zero-order valence-electron chi connectivity index (χ0n) is 14.9. The Balaban J connectivity index is 1.96. The summed E-state index contributed by atoms with van der Waals surface area (Å²) in [7, 11) is 0. The molecule has 0 aromatic heterocycles. The number of benzene rings is 2. The Labute approximate surface area is 166 Å². The molecule has 0 spiro atoms. The highest BCUT2D eigenvalue weighted by Crippen LogP contribution is 2.36. The molecule has 0 aliphatic carbocycles. The van der Waals surface area contributed by atoms with E-state index in [9.17, 15) is 9.18 Å². The second kappa shape index (κ2) is 8.59. The van der Waals surface area contributed by atoms with Gasteiger partial charge in [0, 0.05) is 17.1 Å². The van der Waals surface area contributed by atoms with Gasteiger partial charge in [0.2, 0.25) is 0 Å². The summed E-state index contributed by atoms with van der Waals surface area (Å²) in [5.74, 6) is 0.201. The maximum absolute atomic E-state index is 13.1. The fourth-order valence-corrected chi connectivity index (χ4v) is 3.79. The van der Waals surface area contributed by atoms with Crippen molar-refractivity contribution in [1.29, 1.82) is 0 Å². The van der Waals surface area contributed by atoms with E-state index in [-0.39, 0.29) is 11.7 Å². The van der Waals surface area contributed by atoms with Crippen LogP contribution in [-0.4, -0.2) is 29.1 Å². The van der Waals surface area contributed by atoms with E-state index < -0.39 is 0 Å². The molecule has 1 aliphatic rings. The van der Waals surface area contributed by atoms with Crippen LogP contribution >= 0.6 is 23.4 Å². The molecule has 0 N–H and O–H groups in total. The van der Waals surface area contributed by atoms with E-state index in [4.69, 9.17) is 16.3 Å². The van der Waals surface area contributed by atoms with Crippen LogP contribution in [0, 0.1) is 5.82 Å². The molecule has 0 unspecified atom stereocenters. The van der Waals surface area contributed by atoms with Crippen molar-refractivity contribution in [3.63, 3.8) is 0 Å². The minimum Gasteiger partial charge on any atom is -0.493 e. The standard InChI is InChI=1S/C20H18ClFN2O2S/c1-3-24-19(25)18(12-13-11-14(21)5-10-17(13)26-4-2)27-20(24)23-16-8-6-15(22)7-9-16/h5-12H,3-4H2,1-2H3/b18-12-,23-20?. The molecular weight excluding hydrogens is 387 g/mol. The molecule has 7 heteroatoms. The number of carbonyl (C=O) groups is 1. The minimum absolute atomic E-state index is 0.134. The number of halogens is 2. The van der Waals surface area contributed by atoms with Crippen LogP contribution in [0.5, 0.6) is 5.75 Å². The Hall–Kier alpha value is -2.31. The van der Waals surface area contributed by atoms with Gasteiger partial charge in [0.1, 0.15) is 11.6 Å². The van der Waals surface area contributed by atoms with E-state index in [0.717, 1.165) is 5.56 Å². The summed E-state index contributed by atoms with van der Waals surface area (Å²) in [6.45, 7) is 4.77. The van der Waals surface area contributed by atoms with Crippen LogP contribution in [0.3, 0.4) is 0 Å². The summed E-state index contributed by atoms with van der Waals surface area (Å²) >= 11 is 7.38. The van der Waals surface area contributed by atoms with Crippen molar-refractivity contribution in [1.82, 2.24) is 4.90 Å². The SMILES string of the molecule is CCOc1ccc(Cl)cc1/C=C1\SC(=Nc2ccc(F)cc2)N(CC)C1=O. The van der Waals surface area contributed by atoms with Crippen LogP contribution in [0.4, 0.5) is 10.1 Å². The van der Waals surface area contributed by atoms with Gasteiger partial charge in [-0.15, -0.1) is 0 Å². The van der Waals surface area contributed by atoms with Crippen LogP contribution in [-0.2, 0) is 4.79 Å². The Morgan fingerprint density at radius 2 is 1.96 bits per heavy atom. The van der Waals surface area contributed by atoms with Crippen molar-refractivity contribution in [2.75, 3.05) is 13.2 Å². The van der Waals surface area contributed by atoms with Gasteiger partial charge >= 0.3 is 0 Å². The number of ether oxygens (including phenoxy) is 1. The molecule has 2 aromatic carbocycles. The maximum atomic E-state index is 13.1. The Bertz CT molecular complexity index is 913. The number of aliphatic imine (C=N–C) groups is 1. The molecule has 1 saturated heterocycles. The highest BCUT2D eigenvalue weighted by Gasteiger charge is 2.32. The number of hydrogen-bond donors (Lipinski definition) is 0. The second-order valence-corrected chi connectivity index (χ2v) is 7.09. The molecule has 2 aromatic rings. The molecule has 140 valence electrons. The lowest BCUT2D eigenvalue weighted by Gasteiger charge is -2.12. The van der Waals surface area contributed by atoms with Crippen molar-refractivity contribution in [3.05, 3.63) is 63.8 Å². The fraction of sp³-hybridized carbons (Fsp3) is 0.200. The zero-order chi connectivity index (χ0) is 19.4. The molecule has 1 amide bonds. The van der Waals surface area contributed by atoms with Crippen LogP contribution < -0.4 is 4.74 Å². The van der Waals surface area contributed by atoms with Crippen molar-refractivity contribution in [2.45, 2.75) is 13.8 Å².